The van der Waals surface area contributed by atoms with E-state index in [-0.39, 0.29) is 29.2 Å². The predicted molar refractivity (Wildman–Crippen MR) is 43.6 cm³/mol. The Hall–Kier alpha value is 0.360. The van der Waals surface area contributed by atoms with Gasteiger partial charge in [-0.05, 0) is 0 Å². The Kier molecular flexibility index (Phi) is 2.05. The summed E-state index contributed by atoms with van der Waals surface area (Å²) < 4.78 is 6.71. The van der Waals surface area contributed by atoms with Gasteiger partial charge in [0, 0.05) is 12.8 Å². The Morgan fingerprint density at radius 2 is 1.85 bits per heavy atom. The van der Waals surface area contributed by atoms with Gasteiger partial charge in [0.05, 0.1) is 20.2 Å². The van der Waals surface area contributed by atoms with E-state index in [0.29, 0.717) is 18.2 Å². The van der Waals surface area contributed by atoms with Crippen LogP contribution in [0.3, 0.4) is 0 Å². The van der Waals surface area contributed by atoms with Crippen LogP contribution in [0, 0.1) is 0 Å². The number of rotatable bonds is 0. The molecule has 0 aromatic carbocycles. The molecule has 0 spiro atoms. The molecule has 4 rings (SSSR count). The standard InChI is InChI=1S/C9H16NO2.BrH/c1-10(2)6-3-5-4-7(10)9(12-5)8(6)11;/h5-9,11H,3-4H2,1-2H3;1H/q+1;/p-1/t5?,6-,7+,8-,9-;/m0./s1. The van der Waals surface area contributed by atoms with Gasteiger partial charge in [-0.3, -0.25) is 0 Å². The van der Waals surface area contributed by atoms with Gasteiger partial charge in [0.15, 0.2) is 0 Å². The van der Waals surface area contributed by atoms with Gasteiger partial charge in [0.25, 0.3) is 0 Å². The molecule has 0 saturated carbocycles. The number of aliphatic hydroxyl groups excluding tert-OH is 1. The number of ether oxygens (including phenoxy) is 1. The second-order valence-electron chi connectivity index (χ2n) is 4.95. The summed E-state index contributed by atoms with van der Waals surface area (Å²) >= 11 is 0. The lowest BCUT2D eigenvalue weighted by molar-refractivity contribution is -0.930. The zero-order valence-electron chi connectivity index (χ0n) is 7.98. The van der Waals surface area contributed by atoms with E-state index < -0.39 is 0 Å². The summed E-state index contributed by atoms with van der Waals surface area (Å²) in [6, 6.07) is 0.997. The number of hydrogen-bond donors (Lipinski definition) is 1. The molecule has 4 heterocycles. The summed E-state index contributed by atoms with van der Waals surface area (Å²) in [6.07, 6.45) is 2.61. The molecule has 1 unspecified atom stereocenters. The van der Waals surface area contributed by atoms with Crippen LogP contribution in [0.15, 0.2) is 0 Å². The van der Waals surface area contributed by atoms with E-state index in [9.17, 15) is 5.11 Å². The maximum Gasteiger partial charge on any atom is 0.141 e. The second-order valence-corrected chi connectivity index (χ2v) is 4.95. The van der Waals surface area contributed by atoms with Crippen molar-refractivity contribution in [2.45, 2.75) is 43.2 Å². The number of nitrogens with zero attached hydrogens (tertiary/aromatic N) is 1. The molecule has 0 amide bonds. The van der Waals surface area contributed by atoms with Crippen molar-refractivity contribution in [3.8, 4) is 0 Å². The van der Waals surface area contributed by atoms with Gasteiger partial charge < -0.3 is 31.3 Å². The Bertz CT molecular complexity index is 230. The summed E-state index contributed by atoms with van der Waals surface area (Å²) in [7, 11) is 4.45. The average Bonchev–Trinajstić information content (AvgIpc) is 2.39. The van der Waals surface area contributed by atoms with Crippen LogP contribution in [-0.4, -0.2) is 54.1 Å². The average molecular weight is 250 g/mol. The third kappa shape index (κ3) is 1.00. The molecular formula is C9H16BrNO2. The zero-order valence-corrected chi connectivity index (χ0v) is 9.57. The van der Waals surface area contributed by atoms with Crippen molar-refractivity contribution >= 4 is 0 Å². The van der Waals surface area contributed by atoms with Gasteiger partial charge in [-0.15, -0.1) is 0 Å². The highest BCUT2D eigenvalue weighted by molar-refractivity contribution is 5.04. The van der Waals surface area contributed by atoms with Crippen molar-refractivity contribution < 1.29 is 31.3 Å². The first kappa shape index (κ1) is 9.90. The molecule has 0 radical (unpaired) electrons. The van der Waals surface area contributed by atoms with Gasteiger partial charge in [0.1, 0.15) is 24.3 Å². The first-order valence-corrected chi connectivity index (χ1v) is 4.77. The molecule has 4 saturated heterocycles. The van der Waals surface area contributed by atoms with E-state index in [4.69, 9.17) is 4.74 Å². The highest BCUT2D eigenvalue weighted by atomic mass is 79.9. The first-order valence-electron chi connectivity index (χ1n) is 4.77. The minimum Gasteiger partial charge on any atom is -1.00 e. The fourth-order valence-electron chi connectivity index (χ4n) is 3.42. The summed E-state index contributed by atoms with van der Waals surface area (Å²) in [6.45, 7) is 0. The molecule has 3 nitrogen and oxygen atoms in total. The number of likely N-dealkylation sites (N-methyl/N-ethyl adjacent to an activating group) is 1. The Morgan fingerprint density at radius 3 is 2.38 bits per heavy atom. The van der Waals surface area contributed by atoms with Gasteiger partial charge in [-0.2, -0.15) is 0 Å². The summed E-state index contributed by atoms with van der Waals surface area (Å²) in [5.41, 5.74) is 0. The molecule has 5 atom stereocenters. The van der Waals surface area contributed by atoms with Crippen molar-refractivity contribution in [3.05, 3.63) is 0 Å². The molecule has 76 valence electrons. The number of piperidine rings is 1. The van der Waals surface area contributed by atoms with Gasteiger partial charge >= 0.3 is 0 Å². The summed E-state index contributed by atoms with van der Waals surface area (Å²) in [4.78, 5) is 0. The first-order chi connectivity index (χ1) is 5.60. The maximum absolute atomic E-state index is 9.90. The van der Waals surface area contributed by atoms with Crippen LogP contribution in [0.2, 0.25) is 0 Å². The quantitative estimate of drug-likeness (QED) is 0.457. The Morgan fingerprint density at radius 1 is 1.23 bits per heavy atom. The Labute approximate surface area is 89.0 Å². The lowest BCUT2D eigenvalue weighted by Gasteiger charge is -2.41. The van der Waals surface area contributed by atoms with Crippen LogP contribution in [0.4, 0.5) is 0 Å². The van der Waals surface area contributed by atoms with Crippen LogP contribution in [0.1, 0.15) is 12.8 Å². The normalized spacial score (nSPS) is 55.2. The molecule has 4 aliphatic rings. The van der Waals surface area contributed by atoms with Crippen molar-refractivity contribution in [1.29, 1.82) is 0 Å². The highest BCUT2D eigenvalue weighted by Crippen LogP contribution is 2.48. The lowest BCUT2D eigenvalue weighted by atomic mass is 9.98. The van der Waals surface area contributed by atoms with Crippen molar-refractivity contribution in [2.24, 2.45) is 0 Å². The van der Waals surface area contributed by atoms with Crippen LogP contribution in [0.25, 0.3) is 0 Å². The SMILES string of the molecule is C[N+]1(C)[C@@H]2CC3C[C@H]1[C@H](O)[C@H]2O3.[Br-]. The molecule has 4 aliphatic heterocycles. The Balaban J connectivity index is 0.000000653. The van der Waals surface area contributed by atoms with Gasteiger partial charge in [0.2, 0.25) is 0 Å². The molecule has 4 heteroatoms. The van der Waals surface area contributed by atoms with Crippen LogP contribution < -0.4 is 17.0 Å². The number of hydrogen-bond acceptors (Lipinski definition) is 2. The molecule has 13 heavy (non-hydrogen) atoms. The summed E-state index contributed by atoms with van der Waals surface area (Å²) in [5, 5.41) is 9.90. The number of quaternary nitrogens is 1. The molecule has 4 fully saturated rings. The molecular weight excluding hydrogens is 234 g/mol. The molecule has 0 aliphatic carbocycles. The van der Waals surface area contributed by atoms with Crippen LogP contribution in [0.5, 0.6) is 0 Å². The minimum atomic E-state index is -0.205. The lowest BCUT2D eigenvalue weighted by Crippen LogP contribution is -3.00. The maximum atomic E-state index is 9.90. The molecule has 1 N–H and O–H groups in total. The zero-order chi connectivity index (χ0) is 8.51. The van der Waals surface area contributed by atoms with Crippen molar-refractivity contribution in [3.63, 3.8) is 0 Å². The third-order valence-electron chi connectivity index (χ3n) is 4.18. The van der Waals surface area contributed by atoms with E-state index in [0.717, 1.165) is 17.3 Å². The van der Waals surface area contributed by atoms with Gasteiger partial charge in [-0.1, -0.05) is 0 Å². The fraction of sp³-hybridized carbons (Fsp3) is 1.00. The van der Waals surface area contributed by atoms with E-state index in [1.165, 1.54) is 0 Å². The van der Waals surface area contributed by atoms with E-state index in [1.807, 2.05) is 0 Å². The monoisotopic (exact) mass is 249 g/mol. The largest absolute Gasteiger partial charge is 1.00 e. The number of halogens is 1. The van der Waals surface area contributed by atoms with Crippen LogP contribution >= 0.6 is 0 Å². The molecule has 4 bridgehead atoms. The third-order valence-corrected chi connectivity index (χ3v) is 4.18. The van der Waals surface area contributed by atoms with Crippen LogP contribution in [-0.2, 0) is 4.74 Å². The van der Waals surface area contributed by atoms with E-state index in [2.05, 4.69) is 14.1 Å². The number of aliphatic hydroxyl groups is 1. The van der Waals surface area contributed by atoms with Crippen molar-refractivity contribution in [2.75, 3.05) is 14.1 Å². The topological polar surface area (TPSA) is 29.5 Å². The highest BCUT2D eigenvalue weighted by Gasteiger charge is 2.66. The van der Waals surface area contributed by atoms with Crippen molar-refractivity contribution in [1.82, 2.24) is 0 Å². The fourth-order valence-corrected chi connectivity index (χ4v) is 3.42. The van der Waals surface area contributed by atoms with Gasteiger partial charge in [-0.25, -0.2) is 0 Å². The smallest absolute Gasteiger partial charge is 0.141 e. The summed E-state index contributed by atoms with van der Waals surface area (Å²) in [5.74, 6) is 0. The molecule has 0 aromatic rings. The molecule has 0 aromatic heterocycles. The predicted octanol–water partition coefficient (Wildman–Crippen LogP) is -3.26. The van der Waals surface area contributed by atoms with E-state index in [1.54, 1.807) is 0 Å². The minimum absolute atomic E-state index is 0. The van der Waals surface area contributed by atoms with E-state index >= 15 is 0 Å². The second kappa shape index (κ2) is 2.69.